The quantitative estimate of drug-likeness (QED) is 0.499. The van der Waals surface area contributed by atoms with Gasteiger partial charge in [0, 0.05) is 5.92 Å². The van der Waals surface area contributed by atoms with E-state index >= 15 is 0 Å². The van der Waals surface area contributed by atoms with E-state index in [1.165, 1.54) is 5.56 Å². The summed E-state index contributed by atoms with van der Waals surface area (Å²) in [6.07, 6.45) is 7.67. The van der Waals surface area contributed by atoms with Crippen LogP contribution in [-0.2, 0) is 0 Å². The monoisotopic (exact) mass is 224 g/mol. The molecule has 0 atom stereocenters. The maximum absolute atomic E-state index is 5.92. The van der Waals surface area contributed by atoms with Crippen molar-refractivity contribution >= 4 is 23.2 Å². The van der Waals surface area contributed by atoms with E-state index in [1.54, 1.807) is 0 Å². The first-order valence-corrected chi connectivity index (χ1v) is 5.24. The van der Waals surface area contributed by atoms with Crippen LogP contribution >= 0.6 is 23.2 Å². The molecule has 2 rings (SSSR count). The van der Waals surface area contributed by atoms with Gasteiger partial charge >= 0.3 is 0 Å². The second-order valence-corrected chi connectivity index (χ2v) is 4.77. The first-order chi connectivity index (χ1) is 6.67. The lowest BCUT2D eigenvalue weighted by molar-refractivity contribution is 1.02. The van der Waals surface area contributed by atoms with Crippen LogP contribution in [0.3, 0.4) is 0 Å². The summed E-state index contributed by atoms with van der Waals surface area (Å²) in [5.74, 6) is 0.293. The molecular formula is C12H10Cl2. The summed E-state index contributed by atoms with van der Waals surface area (Å²) in [5.41, 5.74) is 1.25. The molecular weight excluding hydrogens is 215 g/mol. The molecule has 0 aromatic heterocycles. The lowest BCUT2D eigenvalue weighted by atomic mass is 9.95. The highest BCUT2D eigenvalue weighted by Gasteiger charge is 2.20. The molecule has 0 aliphatic heterocycles. The van der Waals surface area contributed by atoms with Crippen molar-refractivity contribution in [3.05, 3.63) is 60.2 Å². The van der Waals surface area contributed by atoms with Crippen LogP contribution in [0.2, 0.25) is 0 Å². The van der Waals surface area contributed by atoms with Gasteiger partial charge in [-0.1, -0.05) is 65.7 Å². The summed E-state index contributed by atoms with van der Waals surface area (Å²) in [6.45, 7) is 0. The molecule has 0 N–H and O–H groups in total. The molecule has 0 nitrogen and oxygen atoms in total. The predicted octanol–water partition coefficient (Wildman–Crippen LogP) is 4.07. The molecule has 1 aliphatic carbocycles. The second kappa shape index (κ2) is 3.80. The van der Waals surface area contributed by atoms with Crippen LogP contribution in [0.4, 0.5) is 0 Å². The van der Waals surface area contributed by atoms with E-state index in [2.05, 4.69) is 12.1 Å². The molecule has 0 bridgehead atoms. The number of hydrogen-bond donors (Lipinski definition) is 0. The van der Waals surface area contributed by atoms with Crippen molar-refractivity contribution in [1.29, 1.82) is 0 Å². The number of halogens is 2. The van der Waals surface area contributed by atoms with Gasteiger partial charge in [0.2, 0.25) is 0 Å². The maximum atomic E-state index is 5.92. The highest BCUT2D eigenvalue weighted by molar-refractivity contribution is 6.51. The fourth-order valence-electron chi connectivity index (χ4n) is 1.48. The average molecular weight is 225 g/mol. The van der Waals surface area contributed by atoms with Crippen LogP contribution in [0.25, 0.3) is 0 Å². The minimum absolute atomic E-state index is 0.293. The molecule has 72 valence electrons. The largest absolute Gasteiger partial charge is 0.154 e. The summed E-state index contributed by atoms with van der Waals surface area (Å²) < 4.78 is -0.828. The van der Waals surface area contributed by atoms with Crippen molar-refractivity contribution in [3.63, 3.8) is 0 Å². The lowest BCUT2D eigenvalue weighted by Crippen LogP contribution is -2.09. The van der Waals surface area contributed by atoms with Gasteiger partial charge in [-0.2, -0.15) is 0 Å². The first-order valence-electron chi connectivity index (χ1n) is 4.49. The SMILES string of the molecule is ClC1(Cl)C=CC(c2ccccc2)C=C1. The molecule has 0 fully saturated rings. The second-order valence-electron chi connectivity index (χ2n) is 3.33. The fraction of sp³-hybridized carbons (Fsp3) is 0.167. The molecule has 0 radical (unpaired) electrons. The topological polar surface area (TPSA) is 0 Å². The first kappa shape index (κ1) is 9.82. The van der Waals surface area contributed by atoms with Crippen LogP contribution < -0.4 is 0 Å². The number of hydrogen-bond acceptors (Lipinski definition) is 0. The van der Waals surface area contributed by atoms with Gasteiger partial charge in [0.05, 0.1) is 0 Å². The van der Waals surface area contributed by atoms with E-state index < -0.39 is 4.33 Å². The van der Waals surface area contributed by atoms with Crippen molar-refractivity contribution in [2.45, 2.75) is 10.3 Å². The van der Waals surface area contributed by atoms with E-state index in [4.69, 9.17) is 23.2 Å². The Labute approximate surface area is 93.8 Å². The molecule has 2 heteroatoms. The number of alkyl halides is 2. The van der Waals surface area contributed by atoms with Crippen molar-refractivity contribution < 1.29 is 0 Å². The van der Waals surface area contributed by atoms with Crippen molar-refractivity contribution in [1.82, 2.24) is 0 Å². The van der Waals surface area contributed by atoms with Crippen LogP contribution in [0.15, 0.2) is 54.6 Å². The molecule has 1 aromatic carbocycles. The average Bonchev–Trinajstić information content (AvgIpc) is 2.19. The van der Waals surface area contributed by atoms with Gasteiger partial charge in [-0.15, -0.1) is 0 Å². The number of allylic oxidation sites excluding steroid dienone is 4. The molecule has 0 saturated carbocycles. The lowest BCUT2D eigenvalue weighted by Gasteiger charge is -2.18. The van der Waals surface area contributed by atoms with E-state index in [0.29, 0.717) is 5.92 Å². The summed E-state index contributed by atoms with van der Waals surface area (Å²) in [6, 6.07) is 10.2. The smallest absolute Gasteiger partial charge is 0.0923 e. The molecule has 1 aromatic rings. The third-order valence-electron chi connectivity index (χ3n) is 2.24. The zero-order valence-electron chi connectivity index (χ0n) is 7.53. The Morgan fingerprint density at radius 1 is 0.929 bits per heavy atom. The third kappa shape index (κ3) is 2.20. The van der Waals surface area contributed by atoms with Gasteiger partial charge in [-0.25, -0.2) is 0 Å². The van der Waals surface area contributed by atoms with Gasteiger partial charge in [0.1, 0.15) is 0 Å². The van der Waals surface area contributed by atoms with Gasteiger partial charge in [-0.3, -0.25) is 0 Å². The molecule has 1 aliphatic rings. The molecule has 0 heterocycles. The Hall–Kier alpha value is -0.720. The molecule has 0 amide bonds. The van der Waals surface area contributed by atoms with E-state index in [9.17, 15) is 0 Å². The highest BCUT2D eigenvalue weighted by Crippen LogP contribution is 2.32. The summed E-state index contributed by atoms with van der Waals surface area (Å²) >= 11 is 11.8. The van der Waals surface area contributed by atoms with Crippen molar-refractivity contribution in [3.8, 4) is 0 Å². The standard InChI is InChI=1S/C12H10Cl2/c13-12(14)8-6-11(7-9-12)10-4-2-1-3-5-10/h1-9,11H. The van der Waals surface area contributed by atoms with Gasteiger partial charge in [-0.05, 0) is 17.7 Å². The van der Waals surface area contributed by atoms with Gasteiger partial charge in [0.15, 0.2) is 4.33 Å². The van der Waals surface area contributed by atoms with Crippen molar-refractivity contribution in [2.75, 3.05) is 0 Å². The summed E-state index contributed by atoms with van der Waals surface area (Å²) in [7, 11) is 0. The predicted molar refractivity (Wildman–Crippen MR) is 61.9 cm³/mol. The number of benzene rings is 1. The fourth-order valence-corrected chi connectivity index (χ4v) is 1.77. The van der Waals surface area contributed by atoms with E-state index in [0.717, 1.165) is 0 Å². The molecule has 0 spiro atoms. The van der Waals surface area contributed by atoms with Crippen LogP contribution in [0, 0.1) is 0 Å². The normalized spacial score (nSPS) is 19.9. The van der Waals surface area contributed by atoms with Gasteiger partial charge in [0.25, 0.3) is 0 Å². The minimum Gasteiger partial charge on any atom is -0.0923 e. The third-order valence-corrected chi connectivity index (χ3v) is 2.74. The van der Waals surface area contributed by atoms with Crippen molar-refractivity contribution in [2.24, 2.45) is 0 Å². The molecule has 0 saturated heterocycles. The summed E-state index contributed by atoms with van der Waals surface area (Å²) in [4.78, 5) is 0. The van der Waals surface area contributed by atoms with E-state index in [-0.39, 0.29) is 0 Å². The minimum atomic E-state index is -0.828. The zero-order chi connectivity index (χ0) is 10.0. The Balaban J connectivity index is 2.22. The summed E-state index contributed by atoms with van der Waals surface area (Å²) in [5, 5.41) is 0. The van der Waals surface area contributed by atoms with E-state index in [1.807, 2.05) is 42.5 Å². The Bertz CT molecular complexity index is 347. The van der Waals surface area contributed by atoms with Crippen LogP contribution in [-0.4, -0.2) is 4.33 Å². The Morgan fingerprint density at radius 2 is 1.50 bits per heavy atom. The Kier molecular flexibility index (Phi) is 2.66. The Morgan fingerprint density at radius 3 is 2.07 bits per heavy atom. The number of rotatable bonds is 1. The zero-order valence-corrected chi connectivity index (χ0v) is 9.04. The highest BCUT2D eigenvalue weighted by atomic mass is 35.5. The molecule has 14 heavy (non-hydrogen) atoms. The maximum Gasteiger partial charge on any atom is 0.154 e. The van der Waals surface area contributed by atoms with Gasteiger partial charge < -0.3 is 0 Å². The van der Waals surface area contributed by atoms with Crippen LogP contribution in [0.5, 0.6) is 0 Å². The van der Waals surface area contributed by atoms with Crippen LogP contribution in [0.1, 0.15) is 11.5 Å². The molecule has 0 unspecified atom stereocenters.